The van der Waals surface area contributed by atoms with Gasteiger partial charge in [-0.15, -0.1) is 0 Å². The average Bonchev–Trinajstić information content (AvgIpc) is 2.49. The monoisotopic (exact) mass is 345 g/mol. The van der Waals surface area contributed by atoms with Crippen molar-refractivity contribution in [3.8, 4) is 0 Å². The van der Waals surface area contributed by atoms with Crippen molar-refractivity contribution in [2.45, 2.75) is 39.4 Å². The second-order valence-corrected chi connectivity index (χ2v) is 5.56. The van der Waals surface area contributed by atoms with Crippen LogP contribution in [0.4, 0.5) is 23.7 Å². The molecule has 0 spiro atoms. The molecule has 2 N–H and O–H groups in total. The summed E-state index contributed by atoms with van der Waals surface area (Å²) < 4.78 is 36.4. The highest BCUT2D eigenvalue weighted by molar-refractivity contribution is 6.03. The molecule has 0 aliphatic heterocycles. The van der Waals surface area contributed by atoms with E-state index in [4.69, 9.17) is 0 Å². The van der Waals surface area contributed by atoms with Crippen LogP contribution in [0.2, 0.25) is 0 Å². The lowest BCUT2D eigenvalue weighted by molar-refractivity contribution is -0.122. The highest BCUT2D eigenvalue weighted by atomic mass is 19.4. The zero-order valence-electron chi connectivity index (χ0n) is 13.9. The van der Waals surface area contributed by atoms with Crippen LogP contribution in [-0.2, 0) is 0 Å². The Morgan fingerprint density at radius 1 is 1.21 bits per heavy atom. The van der Waals surface area contributed by atoms with Crippen LogP contribution < -0.4 is 10.6 Å². The van der Waals surface area contributed by atoms with Crippen LogP contribution in [0, 0.1) is 0 Å². The van der Waals surface area contributed by atoms with Gasteiger partial charge in [-0.1, -0.05) is 19.1 Å². The number of para-hydroxylation sites is 1. The van der Waals surface area contributed by atoms with Crippen LogP contribution in [-0.4, -0.2) is 42.1 Å². The molecule has 0 aromatic heterocycles. The third kappa shape index (κ3) is 6.10. The summed E-state index contributed by atoms with van der Waals surface area (Å²) in [6.45, 7) is 4.80. The standard InChI is InChI=1S/C16H22F3N3O2/c1-4-9-22(11(2)3)14(23)12-7-5-6-8-13(12)21-15(24)20-10-16(17,18)19/h5-8,11H,4,9-10H2,1-3H3,(H2,20,21,24). The number of rotatable bonds is 6. The molecule has 0 bridgehead atoms. The number of halogens is 3. The van der Waals surface area contributed by atoms with Gasteiger partial charge in [0.15, 0.2) is 0 Å². The number of nitrogens with one attached hydrogen (secondary N) is 2. The van der Waals surface area contributed by atoms with Gasteiger partial charge in [0.2, 0.25) is 0 Å². The molecule has 0 aliphatic carbocycles. The first-order chi connectivity index (χ1) is 11.2. The fourth-order valence-electron chi connectivity index (χ4n) is 2.12. The molecular formula is C16H22F3N3O2. The van der Waals surface area contributed by atoms with Crippen molar-refractivity contribution in [3.63, 3.8) is 0 Å². The van der Waals surface area contributed by atoms with Gasteiger partial charge in [-0.05, 0) is 32.4 Å². The first-order valence-electron chi connectivity index (χ1n) is 7.67. The second kappa shape index (κ2) is 8.56. The zero-order chi connectivity index (χ0) is 18.3. The van der Waals surface area contributed by atoms with Gasteiger partial charge < -0.3 is 15.5 Å². The molecule has 0 fully saturated rings. The summed E-state index contributed by atoms with van der Waals surface area (Å²) >= 11 is 0. The SMILES string of the molecule is CCCN(C(=O)c1ccccc1NC(=O)NCC(F)(F)F)C(C)C. The van der Waals surface area contributed by atoms with Crippen LogP contribution in [0.1, 0.15) is 37.6 Å². The molecule has 1 aromatic rings. The van der Waals surface area contributed by atoms with Crippen molar-refractivity contribution in [2.24, 2.45) is 0 Å². The van der Waals surface area contributed by atoms with Crippen molar-refractivity contribution in [3.05, 3.63) is 29.8 Å². The van der Waals surface area contributed by atoms with Crippen molar-refractivity contribution in [1.82, 2.24) is 10.2 Å². The molecule has 0 heterocycles. The van der Waals surface area contributed by atoms with E-state index in [1.807, 2.05) is 20.8 Å². The molecule has 1 rings (SSSR count). The van der Waals surface area contributed by atoms with E-state index < -0.39 is 18.8 Å². The summed E-state index contributed by atoms with van der Waals surface area (Å²) in [5.41, 5.74) is 0.408. The average molecular weight is 345 g/mol. The van der Waals surface area contributed by atoms with E-state index >= 15 is 0 Å². The number of alkyl halides is 3. The molecule has 0 saturated carbocycles. The van der Waals surface area contributed by atoms with Gasteiger partial charge in [0, 0.05) is 12.6 Å². The largest absolute Gasteiger partial charge is 0.405 e. The predicted octanol–water partition coefficient (Wildman–Crippen LogP) is 3.63. The molecule has 5 nitrogen and oxygen atoms in total. The quantitative estimate of drug-likeness (QED) is 0.827. The van der Waals surface area contributed by atoms with E-state index in [1.54, 1.807) is 22.3 Å². The van der Waals surface area contributed by atoms with Crippen molar-refractivity contribution >= 4 is 17.6 Å². The zero-order valence-corrected chi connectivity index (χ0v) is 13.9. The summed E-state index contributed by atoms with van der Waals surface area (Å²) in [6.07, 6.45) is -3.73. The molecule has 8 heteroatoms. The molecule has 0 radical (unpaired) electrons. The highest BCUT2D eigenvalue weighted by Crippen LogP contribution is 2.19. The van der Waals surface area contributed by atoms with Crippen molar-refractivity contribution in [1.29, 1.82) is 0 Å². The Labute approximate surface area is 139 Å². The lowest BCUT2D eigenvalue weighted by atomic mass is 10.1. The molecule has 3 amide bonds. The van der Waals surface area contributed by atoms with Crippen LogP contribution in [0.15, 0.2) is 24.3 Å². The minimum Gasteiger partial charge on any atom is -0.336 e. The minimum absolute atomic E-state index is 0.0374. The summed E-state index contributed by atoms with van der Waals surface area (Å²) in [4.78, 5) is 25.9. The number of carbonyl (C=O) groups excluding carboxylic acids is 2. The number of hydrogen-bond acceptors (Lipinski definition) is 2. The van der Waals surface area contributed by atoms with Gasteiger partial charge in [0.1, 0.15) is 6.54 Å². The van der Waals surface area contributed by atoms with E-state index in [0.29, 0.717) is 6.54 Å². The molecule has 134 valence electrons. The maximum atomic E-state index is 12.7. The summed E-state index contributed by atoms with van der Waals surface area (Å²) in [5, 5.41) is 4.02. The maximum Gasteiger partial charge on any atom is 0.405 e. The second-order valence-electron chi connectivity index (χ2n) is 5.56. The smallest absolute Gasteiger partial charge is 0.336 e. The molecule has 0 saturated heterocycles. The van der Waals surface area contributed by atoms with Crippen molar-refractivity contribution in [2.75, 3.05) is 18.4 Å². The Morgan fingerprint density at radius 2 is 1.83 bits per heavy atom. The summed E-state index contributed by atoms with van der Waals surface area (Å²) in [7, 11) is 0. The van der Waals surface area contributed by atoms with Crippen LogP contribution in [0.25, 0.3) is 0 Å². The first kappa shape index (κ1) is 19.8. The molecule has 0 aliphatic rings. The number of nitrogens with zero attached hydrogens (tertiary/aromatic N) is 1. The van der Waals surface area contributed by atoms with E-state index in [1.165, 1.54) is 12.1 Å². The number of hydrogen-bond donors (Lipinski definition) is 2. The van der Waals surface area contributed by atoms with Gasteiger partial charge in [-0.25, -0.2) is 4.79 Å². The van der Waals surface area contributed by atoms with Gasteiger partial charge in [0.05, 0.1) is 11.3 Å². The Morgan fingerprint density at radius 3 is 2.38 bits per heavy atom. The number of amides is 3. The molecule has 0 atom stereocenters. The van der Waals surface area contributed by atoms with Crippen LogP contribution in [0.5, 0.6) is 0 Å². The molecule has 1 aromatic carbocycles. The van der Waals surface area contributed by atoms with Gasteiger partial charge in [-0.2, -0.15) is 13.2 Å². The van der Waals surface area contributed by atoms with Crippen LogP contribution in [0.3, 0.4) is 0 Å². The number of carbonyl (C=O) groups is 2. The van der Waals surface area contributed by atoms with E-state index in [2.05, 4.69) is 5.32 Å². The third-order valence-corrected chi connectivity index (χ3v) is 3.20. The molecule has 0 unspecified atom stereocenters. The van der Waals surface area contributed by atoms with E-state index in [9.17, 15) is 22.8 Å². The third-order valence-electron chi connectivity index (χ3n) is 3.20. The number of anilines is 1. The lowest BCUT2D eigenvalue weighted by Gasteiger charge is -2.27. The topological polar surface area (TPSA) is 61.4 Å². The highest BCUT2D eigenvalue weighted by Gasteiger charge is 2.28. The van der Waals surface area contributed by atoms with Gasteiger partial charge in [0.25, 0.3) is 5.91 Å². The molecule has 24 heavy (non-hydrogen) atoms. The predicted molar refractivity (Wildman–Crippen MR) is 86.0 cm³/mol. The van der Waals surface area contributed by atoms with Crippen LogP contribution >= 0.6 is 0 Å². The Bertz CT molecular complexity index is 574. The first-order valence-corrected chi connectivity index (χ1v) is 7.67. The van der Waals surface area contributed by atoms with Crippen molar-refractivity contribution < 1.29 is 22.8 Å². The minimum atomic E-state index is -4.50. The maximum absolute atomic E-state index is 12.7. The summed E-state index contributed by atoms with van der Waals surface area (Å²) in [6, 6.07) is 5.19. The normalized spacial score (nSPS) is 11.3. The fourth-order valence-corrected chi connectivity index (χ4v) is 2.12. The van der Waals surface area contributed by atoms with Gasteiger partial charge >= 0.3 is 12.2 Å². The Hall–Kier alpha value is -2.25. The van der Waals surface area contributed by atoms with E-state index in [-0.39, 0.29) is 23.2 Å². The lowest BCUT2D eigenvalue weighted by Crippen LogP contribution is -2.39. The number of urea groups is 1. The van der Waals surface area contributed by atoms with Gasteiger partial charge in [-0.3, -0.25) is 4.79 Å². The van der Waals surface area contributed by atoms with E-state index in [0.717, 1.165) is 6.42 Å². The number of benzene rings is 1. The Kier molecular flexibility index (Phi) is 7.06. The Balaban J connectivity index is 2.91. The molecular weight excluding hydrogens is 323 g/mol. The summed E-state index contributed by atoms with van der Waals surface area (Å²) in [5.74, 6) is -0.279. The fraction of sp³-hybridized carbons (Fsp3) is 0.500.